The molecule has 8 heteroatoms. The monoisotopic (exact) mass is 342 g/mol. The lowest BCUT2D eigenvalue weighted by Crippen LogP contribution is -2.04. The molecule has 3 aromatic heterocycles. The Hall–Kier alpha value is -2.51. The molecule has 0 spiro atoms. The Morgan fingerprint density at radius 1 is 1.22 bits per heavy atom. The highest BCUT2D eigenvalue weighted by atomic mass is 35.5. The quantitative estimate of drug-likeness (QED) is 0.590. The molecule has 0 bridgehead atoms. The molecule has 0 atom stereocenters. The molecule has 2 N–H and O–H groups in total. The van der Waals surface area contributed by atoms with Gasteiger partial charge in [0.1, 0.15) is 18.0 Å². The Morgan fingerprint density at radius 3 is 3.04 bits per heavy atom. The average Bonchev–Trinajstić information content (AvgIpc) is 3.23. The summed E-state index contributed by atoms with van der Waals surface area (Å²) < 4.78 is 0. The van der Waals surface area contributed by atoms with Crippen LogP contribution in [0.25, 0.3) is 21.6 Å². The van der Waals surface area contributed by atoms with Gasteiger partial charge in [-0.25, -0.2) is 15.0 Å². The average molecular weight is 343 g/mol. The number of nitrogens with one attached hydrogen (secondary N) is 2. The van der Waals surface area contributed by atoms with E-state index in [1.165, 1.54) is 6.33 Å². The topological polar surface area (TPSA) is 79.4 Å². The summed E-state index contributed by atoms with van der Waals surface area (Å²) in [7, 11) is 0. The van der Waals surface area contributed by atoms with E-state index in [1.54, 1.807) is 11.3 Å². The number of H-pyrrole nitrogens is 1. The molecule has 0 aliphatic heterocycles. The minimum atomic E-state index is 0.493. The first-order chi connectivity index (χ1) is 11.3. The number of thiophene rings is 1. The third-order valence-electron chi connectivity index (χ3n) is 3.30. The van der Waals surface area contributed by atoms with Crippen LogP contribution in [0, 0.1) is 0 Å². The fraction of sp³-hybridized carbons (Fsp3) is 0.0667. The van der Waals surface area contributed by atoms with E-state index in [0.29, 0.717) is 17.4 Å². The van der Waals surface area contributed by atoms with Crippen molar-refractivity contribution in [3.05, 3.63) is 52.9 Å². The van der Waals surface area contributed by atoms with Crippen LogP contribution in [0.15, 0.2) is 42.0 Å². The molecule has 23 heavy (non-hydrogen) atoms. The lowest BCUT2D eigenvalue weighted by atomic mass is 10.2. The number of benzene rings is 1. The molecule has 114 valence electrons. The van der Waals surface area contributed by atoms with Gasteiger partial charge in [0.2, 0.25) is 0 Å². The highest BCUT2D eigenvalue weighted by Gasteiger charge is 2.08. The van der Waals surface area contributed by atoms with Crippen LogP contribution < -0.4 is 5.32 Å². The maximum Gasteiger partial charge on any atom is 0.191 e. The summed E-state index contributed by atoms with van der Waals surface area (Å²) in [6.45, 7) is 0.493. The SMILES string of the molecule is Clc1ccc2c(NCc3nc(-c4cccs4)n[nH]3)ncnc2c1. The van der Waals surface area contributed by atoms with Crippen molar-refractivity contribution in [1.82, 2.24) is 25.1 Å². The molecule has 0 saturated carbocycles. The molecule has 0 unspecified atom stereocenters. The van der Waals surface area contributed by atoms with Gasteiger partial charge in [0.25, 0.3) is 0 Å². The van der Waals surface area contributed by atoms with E-state index in [-0.39, 0.29) is 0 Å². The van der Waals surface area contributed by atoms with Gasteiger partial charge in [0.15, 0.2) is 5.82 Å². The zero-order valence-electron chi connectivity index (χ0n) is 11.8. The predicted molar refractivity (Wildman–Crippen MR) is 91.6 cm³/mol. The number of halogens is 1. The van der Waals surface area contributed by atoms with Gasteiger partial charge in [-0.2, -0.15) is 5.10 Å². The number of hydrogen-bond acceptors (Lipinski definition) is 6. The third kappa shape index (κ3) is 2.88. The van der Waals surface area contributed by atoms with Crippen LogP contribution in [0.4, 0.5) is 5.82 Å². The Balaban J connectivity index is 1.55. The lowest BCUT2D eigenvalue weighted by Gasteiger charge is -2.06. The van der Waals surface area contributed by atoms with E-state index in [1.807, 2.05) is 35.7 Å². The second kappa shape index (κ2) is 5.94. The lowest BCUT2D eigenvalue weighted by molar-refractivity contribution is 0.948. The van der Waals surface area contributed by atoms with Gasteiger partial charge in [-0.3, -0.25) is 5.10 Å². The molecule has 0 radical (unpaired) electrons. The van der Waals surface area contributed by atoms with Crippen molar-refractivity contribution in [2.45, 2.75) is 6.54 Å². The fourth-order valence-electron chi connectivity index (χ4n) is 2.23. The Bertz CT molecular complexity index is 950. The van der Waals surface area contributed by atoms with Crippen LogP contribution in [-0.2, 0) is 6.54 Å². The second-order valence-electron chi connectivity index (χ2n) is 4.82. The van der Waals surface area contributed by atoms with Crippen LogP contribution in [-0.4, -0.2) is 25.1 Å². The van der Waals surface area contributed by atoms with Gasteiger partial charge in [-0.1, -0.05) is 17.7 Å². The summed E-state index contributed by atoms with van der Waals surface area (Å²) in [5, 5.41) is 14.0. The van der Waals surface area contributed by atoms with Crippen LogP contribution in [0.1, 0.15) is 5.82 Å². The number of fused-ring (bicyclic) bond motifs is 1. The van der Waals surface area contributed by atoms with Gasteiger partial charge in [0.05, 0.1) is 16.9 Å². The largest absolute Gasteiger partial charge is 0.362 e. The Labute approximate surface area is 140 Å². The third-order valence-corrected chi connectivity index (χ3v) is 4.40. The first-order valence-electron chi connectivity index (χ1n) is 6.89. The highest BCUT2D eigenvalue weighted by Crippen LogP contribution is 2.23. The van der Waals surface area contributed by atoms with Gasteiger partial charge in [-0.05, 0) is 29.6 Å². The number of anilines is 1. The Morgan fingerprint density at radius 2 is 2.17 bits per heavy atom. The van der Waals surface area contributed by atoms with Crippen molar-refractivity contribution in [1.29, 1.82) is 0 Å². The highest BCUT2D eigenvalue weighted by molar-refractivity contribution is 7.13. The molecular weight excluding hydrogens is 332 g/mol. The Kier molecular flexibility index (Phi) is 3.64. The summed E-state index contributed by atoms with van der Waals surface area (Å²) in [5.74, 6) is 2.19. The number of nitrogens with zero attached hydrogens (tertiary/aromatic N) is 4. The van der Waals surface area contributed by atoms with E-state index in [9.17, 15) is 0 Å². The molecular formula is C15H11ClN6S. The van der Waals surface area contributed by atoms with Gasteiger partial charge in [0, 0.05) is 10.4 Å². The normalized spacial score (nSPS) is 11.0. The smallest absolute Gasteiger partial charge is 0.191 e. The second-order valence-corrected chi connectivity index (χ2v) is 6.20. The van der Waals surface area contributed by atoms with Gasteiger partial charge < -0.3 is 5.32 Å². The van der Waals surface area contributed by atoms with Crippen LogP contribution in [0.3, 0.4) is 0 Å². The maximum atomic E-state index is 5.99. The summed E-state index contributed by atoms with van der Waals surface area (Å²) in [4.78, 5) is 14.0. The predicted octanol–water partition coefficient (Wildman–Crippen LogP) is 3.74. The van der Waals surface area contributed by atoms with Crippen LogP contribution in [0.5, 0.6) is 0 Å². The summed E-state index contributed by atoms with van der Waals surface area (Å²) in [5.41, 5.74) is 0.798. The maximum absolute atomic E-state index is 5.99. The first-order valence-corrected chi connectivity index (χ1v) is 8.14. The van der Waals surface area contributed by atoms with Crippen molar-refractivity contribution in [3.8, 4) is 10.7 Å². The first kappa shape index (κ1) is 14.1. The molecule has 6 nitrogen and oxygen atoms in total. The van der Waals surface area contributed by atoms with Crippen molar-refractivity contribution in [2.24, 2.45) is 0 Å². The number of aromatic amines is 1. The molecule has 1 aromatic carbocycles. The summed E-state index contributed by atoms with van der Waals surface area (Å²) in [6, 6.07) is 9.51. The van der Waals surface area contributed by atoms with Gasteiger partial charge >= 0.3 is 0 Å². The van der Waals surface area contributed by atoms with Crippen LogP contribution in [0.2, 0.25) is 5.02 Å². The summed E-state index contributed by atoms with van der Waals surface area (Å²) >= 11 is 7.60. The molecule has 3 heterocycles. The van der Waals surface area contributed by atoms with E-state index in [4.69, 9.17) is 11.6 Å². The van der Waals surface area contributed by atoms with Crippen molar-refractivity contribution >= 4 is 39.7 Å². The minimum Gasteiger partial charge on any atom is -0.362 e. The number of aromatic nitrogens is 5. The van der Waals surface area contributed by atoms with E-state index < -0.39 is 0 Å². The molecule has 0 saturated heterocycles. The zero-order chi connectivity index (χ0) is 15.6. The fourth-order valence-corrected chi connectivity index (χ4v) is 3.05. The van der Waals surface area contributed by atoms with Crippen molar-refractivity contribution < 1.29 is 0 Å². The molecule has 0 aliphatic carbocycles. The zero-order valence-corrected chi connectivity index (χ0v) is 13.4. The van der Waals surface area contributed by atoms with E-state index >= 15 is 0 Å². The minimum absolute atomic E-state index is 0.493. The van der Waals surface area contributed by atoms with E-state index in [2.05, 4.69) is 30.5 Å². The molecule has 4 rings (SSSR count). The standard InChI is InChI=1S/C15H11ClN6S/c16-9-3-4-10-11(6-9)18-8-19-14(10)17-7-13-20-15(22-21-13)12-2-1-5-23-12/h1-6,8H,7H2,(H,17,18,19)(H,20,21,22). The van der Waals surface area contributed by atoms with Crippen molar-refractivity contribution in [3.63, 3.8) is 0 Å². The van der Waals surface area contributed by atoms with Crippen LogP contribution >= 0.6 is 22.9 Å². The number of hydrogen-bond donors (Lipinski definition) is 2. The van der Waals surface area contributed by atoms with E-state index in [0.717, 1.165) is 27.4 Å². The molecule has 0 fully saturated rings. The molecule has 0 aliphatic rings. The molecule has 0 amide bonds. The molecule has 4 aromatic rings. The van der Waals surface area contributed by atoms with Crippen molar-refractivity contribution in [2.75, 3.05) is 5.32 Å². The summed E-state index contributed by atoms with van der Waals surface area (Å²) in [6.07, 6.45) is 1.51. The van der Waals surface area contributed by atoms with Gasteiger partial charge in [-0.15, -0.1) is 11.3 Å². The number of rotatable bonds is 4.